The lowest BCUT2D eigenvalue weighted by Crippen LogP contribution is -2.58. The van der Waals surface area contributed by atoms with Crippen LogP contribution in [0.5, 0.6) is 0 Å². The number of nitrogens with zero attached hydrogens (tertiary/aromatic N) is 1. The van der Waals surface area contributed by atoms with Crippen LogP contribution >= 0.6 is 11.8 Å². The minimum Gasteiger partial charge on any atom is -0.305 e. The van der Waals surface area contributed by atoms with E-state index >= 15 is 0 Å². The summed E-state index contributed by atoms with van der Waals surface area (Å²) in [6.45, 7) is 11.5. The highest BCUT2D eigenvalue weighted by molar-refractivity contribution is 8.00. The van der Waals surface area contributed by atoms with Crippen LogP contribution in [0.1, 0.15) is 39.2 Å². The highest BCUT2D eigenvalue weighted by Crippen LogP contribution is 2.33. The van der Waals surface area contributed by atoms with Crippen LogP contribution in [0, 0.1) is 0 Å². The highest BCUT2D eigenvalue weighted by Gasteiger charge is 2.35. The summed E-state index contributed by atoms with van der Waals surface area (Å²) in [6, 6.07) is 10.9. The van der Waals surface area contributed by atoms with E-state index in [1.165, 1.54) is 24.9 Å². The molecule has 0 bridgehead atoms. The van der Waals surface area contributed by atoms with Crippen molar-refractivity contribution >= 4 is 11.8 Å². The largest absolute Gasteiger partial charge is 0.305 e. The van der Waals surface area contributed by atoms with Crippen molar-refractivity contribution in [3.05, 3.63) is 35.9 Å². The summed E-state index contributed by atoms with van der Waals surface area (Å²) in [7, 11) is 0. The molecule has 0 saturated carbocycles. The van der Waals surface area contributed by atoms with E-state index in [1.54, 1.807) is 0 Å². The van der Waals surface area contributed by atoms with Gasteiger partial charge in [0.1, 0.15) is 0 Å². The van der Waals surface area contributed by atoms with Gasteiger partial charge in [-0.1, -0.05) is 44.2 Å². The molecule has 1 unspecified atom stereocenters. The molecule has 1 saturated heterocycles. The Bertz CT molecular complexity index is 422. The first-order valence-corrected chi connectivity index (χ1v) is 9.38. The number of benzene rings is 1. The Balaban J connectivity index is 2.10. The smallest absolute Gasteiger partial charge is 0.0535 e. The van der Waals surface area contributed by atoms with Gasteiger partial charge < -0.3 is 5.32 Å². The van der Waals surface area contributed by atoms with Crippen molar-refractivity contribution < 1.29 is 0 Å². The van der Waals surface area contributed by atoms with Gasteiger partial charge in [0, 0.05) is 30.9 Å². The van der Waals surface area contributed by atoms with Crippen LogP contribution in [0.15, 0.2) is 30.3 Å². The second-order valence-electron chi connectivity index (χ2n) is 6.43. The number of hydrogen-bond donors (Lipinski definition) is 1. The Morgan fingerprint density at radius 2 is 1.90 bits per heavy atom. The number of piperazine rings is 1. The van der Waals surface area contributed by atoms with Gasteiger partial charge in [0.15, 0.2) is 0 Å². The third kappa shape index (κ3) is 3.82. The lowest BCUT2D eigenvalue weighted by Gasteiger charge is -2.45. The SMILES string of the molecule is CCC(CC)(CN1CCNC(C)(c2ccccc2)C1)SC. The predicted molar refractivity (Wildman–Crippen MR) is 95.1 cm³/mol. The van der Waals surface area contributed by atoms with Crippen LogP contribution in [0.25, 0.3) is 0 Å². The standard InChI is InChI=1S/C18H30N2S/c1-5-18(6-2,21-4)15-20-13-12-19-17(3,14-20)16-10-8-7-9-11-16/h7-11,19H,5-6,12-15H2,1-4H3. The maximum absolute atomic E-state index is 3.73. The molecule has 1 heterocycles. The molecule has 1 aromatic rings. The van der Waals surface area contributed by atoms with Gasteiger partial charge in [0.25, 0.3) is 0 Å². The molecule has 0 aromatic heterocycles. The fraction of sp³-hybridized carbons (Fsp3) is 0.667. The van der Waals surface area contributed by atoms with Crippen LogP contribution in [0.3, 0.4) is 0 Å². The Morgan fingerprint density at radius 3 is 2.48 bits per heavy atom. The van der Waals surface area contributed by atoms with E-state index in [1.807, 2.05) is 11.8 Å². The van der Waals surface area contributed by atoms with E-state index in [9.17, 15) is 0 Å². The zero-order valence-electron chi connectivity index (χ0n) is 14.0. The zero-order valence-corrected chi connectivity index (χ0v) is 14.8. The fourth-order valence-corrected chi connectivity index (χ4v) is 4.33. The highest BCUT2D eigenvalue weighted by atomic mass is 32.2. The minimum atomic E-state index is 0.0745. The second-order valence-corrected chi connectivity index (χ2v) is 7.70. The van der Waals surface area contributed by atoms with Gasteiger partial charge in [-0.25, -0.2) is 0 Å². The first-order chi connectivity index (χ1) is 10.1. The van der Waals surface area contributed by atoms with Gasteiger partial charge in [0.05, 0.1) is 5.54 Å². The first-order valence-electron chi connectivity index (χ1n) is 8.15. The van der Waals surface area contributed by atoms with E-state index in [0.717, 1.165) is 19.6 Å². The molecule has 0 aliphatic carbocycles. The summed E-state index contributed by atoms with van der Waals surface area (Å²) >= 11 is 2.04. The van der Waals surface area contributed by atoms with Gasteiger partial charge >= 0.3 is 0 Å². The molecule has 3 heteroatoms. The summed E-state index contributed by atoms with van der Waals surface area (Å²) in [5.41, 5.74) is 1.47. The Hall–Kier alpha value is -0.510. The van der Waals surface area contributed by atoms with Crippen LogP contribution in [-0.2, 0) is 5.54 Å². The van der Waals surface area contributed by atoms with Crippen LogP contribution < -0.4 is 5.32 Å². The van der Waals surface area contributed by atoms with Crippen molar-refractivity contribution in [2.45, 2.75) is 43.9 Å². The molecule has 1 aliphatic rings. The molecule has 1 aliphatic heterocycles. The molecule has 118 valence electrons. The molecular formula is C18H30N2S. The summed E-state index contributed by atoms with van der Waals surface area (Å²) < 4.78 is 0.412. The van der Waals surface area contributed by atoms with Crippen molar-refractivity contribution in [3.8, 4) is 0 Å². The molecule has 1 N–H and O–H groups in total. The topological polar surface area (TPSA) is 15.3 Å². The summed E-state index contributed by atoms with van der Waals surface area (Å²) in [5.74, 6) is 0. The minimum absolute atomic E-state index is 0.0745. The normalized spacial score (nSPS) is 24.2. The van der Waals surface area contributed by atoms with Crippen molar-refractivity contribution in [3.63, 3.8) is 0 Å². The molecule has 0 spiro atoms. The molecule has 1 atom stereocenters. The van der Waals surface area contributed by atoms with Crippen molar-refractivity contribution in [1.82, 2.24) is 10.2 Å². The van der Waals surface area contributed by atoms with E-state index in [-0.39, 0.29) is 5.54 Å². The van der Waals surface area contributed by atoms with E-state index in [4.69, 9.17) is 0 Å². The van der Waals surface area contributed by atoms with Crippen LogP contribution in [0.4, 0.5) is 0 Å². The summed E-state index contributed by atoms with van der Waals surface area (Å²) in [6.07, 6.45) is 4.76. The van der Waals surface area contributed by atoms with Gasteiger partial charge in [0.2, 0.25) is 0 Å². The van der Waals surface area contributed by atoms with Crippen molar-refractivity contribution in [1.29, 1.82) is 0 Å². The molecule has 2 nitrogen and oxygen atoms in total. The third-order valence-corrected chi connectivity index (χ3v) is 6.70. The van der Waals surface area contributed by atoms with Gasteiger partial charge in [-0.05, 0) is 31.6 Å². The number of rotatable bonds is 6. The molecule has 0 amide bonds. The third-order valence-electron chi connectivity index (χ3n) is 5.13. The first kappa shape index (κ1) is 16.9. The maximum atomic E-state index is 3.73. The maximum Gasteiger partial charge on any atom is 0.0535 e. The van der Waals surface area contributed by atoms with Gasteiger partial charge in [-0.15, -0.1) is 0 Å². The zero-order chi connectivity index (χ0) is 15.3. The Morgan fingerprint density at radius 1 is 1.24 bits per heavy atom. The molecule has 1 aromatic carbocycles. The van der Waals surface area contributed by atoms with Crippen molar-refractivity contribution in [2.24, 2.45) is 0 Å². The van der Waals surface area contributed by atoms with Gasteiger partial charge in [-0.3, -0.25) is 4.90 Å². The number of thioether (sulfide) groups is 1. The second kappa shape index (κ2) is 7.17. The molecule has 0 radical (unpaired) electrons. The molecule has 21 heavy (non-hydrogen) atoms. The number of nitrogens with one attached hydrogen (secondary N) is 1. The lowest BCUT2D eigenvalue weighted by atomic mass is 9.89. The lowest BCUT2D eigenvalue weighted by molar-refractivity contribution is 0.129. The fourth-order valence-electron chi connectivity index (χ4n) is 3.44. The van der Waals surface area contributed by atoms with Crippen LogP contribution in [0.2, 0.25) is 0 Å². The average Bonchev–Trinajstić information content (AvgIpc) is 2.54. The number of hydrogen-bond acceptors (Lipinski definition) is 3. The molecule has 1 fully saturated rings. The summed E-state index contributed by atoms with van der Waals surface area (Å²) in [4.78, 5) is 2.66. The molecular weight excluding hydrogens is 276 g/mol. The quantitative estimate of drug-likeness (QED) is 0.862. The van der Waals surface area contributed by atoms with E-state index < -0.39 is 0 Å². The van der Waals surface area contributed by atoms with Gasteiger partial charge in [-0.2, -0.15) is 11.8 Å². The van der Waals surface area contributed by atoms with Crippen molar-refractivity contribution in [2.75, 3.05) is 32.4 Å². The average molecular weight is 307 g/mol. The van der Waals surface area contributed by atoms with E-state index in [2.05, 4.69) is 67.6 Å². The Kier molecular flexibility index (Phi) is 5.75. The van der Waals surface area contributed by atoms with E-state index in [0.29, 0.717) is 4.75 Å². The molecule has 2 rings (SSSR count). The Labute approximate surface area is 134 Å². The predicted octanol–water partition coefficient (Wildman–Crippen LogP) is 3.73. The summed E-state index contributed by atoms with van der Waals surface area (Å²) in [5, 5.41) is 3.73. The monoisotopic (exact) mass is 306 g/mol. The van der Waals surface area contributed by atoms with Crippen LogP contribution in [-0.4, -0.2) is 42.1 Å².